The maximum Gasteiger partial charge on any atom is 0.171 e. The van der Waals surface area contributed by atoms with E-state index in [1.165, 1.54) is 17.3 Å². The van der Waals surface area contributed by atoms with E-state index in [0.29, 0.717) is 15.6 Å². The predicted molar refractivity (Wildman–Crippen MR) is 81.8 cm³/mol. The fourth-order valence-corrected chi connectivity index (χ4v) is 2.99. The summed E-state index contributed by atoms with van der Waals surface area (Å²) in [6.07, 6.45) is 1.59. The maximum absolute atomic E-state index is 8.75. The Balaban J connectivity index is 2.42. The largest absolute Gasteiger partial charge is 0.409 e. The number of rotatable bonds is 3. The molecule has 0 saturated carbocycles. The van der Waals surface area contributed by atoms with Gasteiger partial charge in [-0.15, -0.1) is 0 Å². The number of nitrogens with two attached hydrogens (primary N) is 1. The average molecular weight is 308 g/mol. The molecular weight excluding hydrogens is 294 g/mol. The molecule has 0 aliphatic rings. The Morgan fingerprint density at radius 3 is 2.80 bits per heavy atom. The molecule has 20 heavy (non-hydrogen) atoms. The number of aromatic nitrogens is 1. The van der Waals surface area contributed by atoms with Crippen molar-refractivity contribution in [1.82, 2.24) is 4.98 Å². The van der Waals surface area contributed by atoms with Crippen molar-refractivity contribution >= 4 is 29.2 Å². The molecule has 0 amide bonds. The molecule has 0 saturated heterocycles. The molecule has 2 rings (SSSR count). The Kier molecular flexibility index (Phi) is 4.52. The Labute approximate surface area is 126 Å². The zero-order chi connectivity index (χ0) is 14.7. The summed E-state index contributed by atoms with van der Waals surface area (Å²) >= 11 is 7.73. The molecule has 104 valence electrons. The zero-order valence-corrected chi connectivity index (χ0v) is 12.7. The van der Waals surface area contributed by atoms with Crippen molar-refractivity contribution < 1.29 is 5.21 Å². The van der Waals surface area contributed by atoms with Crippen LogP contribution < -0.4 is 5.73 Å². The number of hydrogen-bond donors (Lipinski definition) is 2. The molecule has 1 heterocycles. The highest BCUT2D eigenvalue weighted by atomic mass is 35.5. The standard InChI is InChI=1S/C14H14ClN3OS/c1-8-3-4-9(2)11(7-8)20-14-12(15)10(5-6-17-14)13(16)18-19/h3-7,19H,1-2H3,(H2,16,18). The van der Waals surface area contributed by atoms with Crippen LogP contribution in [-0.2, 0) is 0 Å². The maximum atomic E-state index is 8.75. The molecule has 0 fully saturated rings. The number of benzene rings is 1. The van der Waals surface area contributed by atoms with Crippen LogP contribution in [0.4, 0.5) is 0 Å². The minimum atomic E-state index is -0.0276. The van der Waals surface area contributed by atoms with Gasteiger partial charge in [0, 0.05) is 16.7 Å². The molecule has 6 heteroatoms. The summed E-state index contributed by atoms with van der Waals surface area (Å²) in [4.78, 5) is 5.34. The van der Waals surface area contributed by atoms with E-state index in [1.54, 1.807) is 12.3 Å². The second-order valence-corrected chi connectivity index (χ2v) is 5.74. The zero-order valence-electron chi connectivity index (χ0n) is 11.1. The summed E-state index contributed by atoms with van der Waals surface area (Å²) in [5.41, 5.74) is 8.37. The first kappa shape index (κ1) is 14.7. The van der Waals surface area contributed by atoms with Gasteiger partial charge in [0.15, 0.2) is 5.84 Å². The van der Waals surface area contributed by atoms with Crippen LogP contribution in [0, 0.1) is 13.8 Å². The van der Waals surface area contributed by atoms with Gasteiger partial charge in [-0.05, 0) is 37.1 Å². The Bertz CT molecular complexity index is 673. The monoisotopic (exact) mass is 307 g/mol. The highest BCUT2D eigenvalue weighted by Gasteiger charge is 2.13. The lowest BCUT2D eigenvalue weighted by atomic mass is 10.2. The van der Waals surface area contributed by atoms with E-state index < -0.39 is 0 Å². The molecule has 0 radical (unpaired) electrons. The third kappa shape index (κ3) is 3.05. The first-order valence-electron chi connectivity index (χ1n) is 5.90. The SMILES string of the molecule is Cc1ccc(C)c(Sc2nccc(/C(N)=N/O)c2Cl)c1. The lowest BCUT2D eigenvalue weighted by Gasteiger charge is -2.09. The fourth-order valence-electron chi connectivity index (χ4n) is 1.67. The summed E-state index contributed by atoms with van der Waals surface area (Å²) in [5, 5.41) is 12.7. The summed E-state index contributed by atoms with van der Waals surface area (Å²) < 4.78 is 0. The molecule has 0 spiro atoms. The number of aryl methyl sites for hydroxylation is 2. The Morgan fingerprint density at radius 2 is 2.10 bits per heavy atom. The highest BCUT2D eigenvalue weighted by Crippen LogP contribution is 2.35. The van der Waals surface area contributed by atoms with Crippen LogP contribution >= 0.6 is 23.4 Å². The first-order valence-corrected chi connectivity index (χ1v) is 7.10. The van der Waals surface area contributed by atoms with Crippen LogP contribution in [0.5, 0.6) is 0 Å². The van der Waals surface area contributed by atoms with Gasteiger partial charge in [-0.2, -0.15) is 0 Å². The first-order chi connectivity index (χ1) is 9.52. The Morgan fingerprint density at radius 1 is 1.35 bits per heavy atom. The van der Waals surface area contributed by atoms with E-state index >= 15 is 0 Å². The van der Waals surface area contributed by atoms with Crippen LogP contribution in [0.1, 0.15) is 16.7 Å². The number of nitrogens with zero attached hydrogens (tertiary/aromatic N) is 2. The summed E-state index contributed by atoms with van der Waals surface area (Å²) in [6.45, 7) is 4.06. The molecule has 0 aliphatic heterocycles. The minimum Gasteiger partial charge on any atom is -0.409 e. The smallest absolute Gasteiger partial charge is 0.171 e. The van der Waals surface area contributed by atoms with Crippen LogP contribution in [0.25, 0.3) is 0 Å². The van der Waals surface area contributed by atoms with Gasteiger partial charge in [-0.1, -0.05) is 40.7 Å². The van der Waals surface area contributed by atoms with Gasteiger partial charge < -0.3 is 10.9 Å². The molecule has 0 unspecified atom stereocenters. The molecule has 2 aromatic rings. The quantitative estimate of drug-likeness (QED) is 0.393. The molecule has 4 nitrogen and oxygen atoms in total. The highest BCUT2D eigenvalue weighted by molar-refractivity contribution is 7.99. The topological polar surface area (TPSA) is 71.5 Å². The third-order valence-corrected chi connectivity index (χ3v) is 4.45. The molecule has 1 aromatic carbocycles. The van der Waals surface area contributed by atoms with Crippen molar-refractivity contribution in [2.75, 3.05) is 0 Å². The number of halogens is 1. The lowest BCUT2D eigenvalue weighted by Crippen LogP contribution is -2.14. The van der Waals surface area contributed by atoms with Crippen LogP contribution in [0.3, 0.4) is 0 Å². The van der Waals surface area contributed by atoms with E-state index in [0.717, 1.165) is 10.5 Å². The van der Waals surface area contributed by atoms with Crippen molar-refractivity contribution in [3.63, 3.8) is 0 Å². The van der Waals surface area contributed by atoms with E-state index in [4.69, 9.17) is 22.5 Å². The third-order valence-electron chi connectivity index (χ3n) is 2.79. The van der Waals surface area contributed by atoms with E-state index in [1.807, 2.05) is 13.8 Å². The second kappa shape index (κ2) is 6.15. The van der Waals surface area contributed by atoms with Crippen molar-refractivity contribution in [2.45, 2.75) is 23.8 Å². The van der Waals surface area contributed by atoms with Gasteiger partial charge in [0.2, 0.25) is 0 Å². The van der Waals surface area contributed by atoms with Gasteiger partial charge in [0.25, 0.3) is 0 Å². The van der Waals surface area contributed by atoms with Gasteiger partial charge >= 0.3 is 0 Å². The van der Waals surface area contributed by atoms with Gasteiger partial charge in [-0.25, -0.2) is 4.98 Å². The van der Waals surface area contributed by atoms with Gasteiger partial charge in [0.1, 0.15) is 5.03 Å². The second-order valence-electron chi connectivity index (χ2n) is 4.33. The molecular formula is C14H14ClN3OS. The molecule has 0 atom stereocenters. The van der Waals surface area contributed by atoms with Crippen molar-refractivity contribution in [1.29, 1.82) is 0 Å². The summed E-state index contributed by atoms with van der Waals surface area (Å²) in [6, 6.07) is 7.80. The number of oxime groups is 1. The van der Waals surface area contributed by atoms with Crippen molar-refractivity contribution in [3.8, 4) is 0 Å². The molecule has 0 aliphatic carbocycles. The normalized spacial score (nSPS) is 11.7. The minimum absolute atomic E-state index is 0.0276. The van der Waals surface area contributed by atoms with E-state index in [-0.39, 0.29) is 5.84 Å². The number of pyridine rings is 1. The van der Waals surface area contributed by atoms with Crippen molar-refractivity contribution in [2.24, 2.45) is 10.9 Å². The Hall–Kier alpha value is -1.72. The van der Waals surface area contributed by atoms with Crippen LogP contribution in [0.15, 0.2) is 45.5 Å². The number of hydrogen-bond acceptors (Lipinski definition) is 4. The number of amidine groups is 1. The lowest BCUT2D eigenvalue weighted by molar-refractivity contribution is 0.318. The molecule has 1 aromatic heterocycles. The molecule has 0 bridgehead atoms. The van der Waals surface area contributed by atoms with Gasteiger partial charge in [-0.3, -0.25) is 0 Å². The average Bonchev–Trinajstić information content (AvgIpc) is 2.44. The summed E-state index contributed by atoms with van der Waals surface area (Å²) in [7, 11) is 0. The van der Waals surface area contributed by atoms with E-state index in [2.05, 4.69) is 28.3 Å². The van der Waals surface area contributed by atoms with Crippen LogP contribution in [0.2, 0.25) is 5.02 Å². The molecule has 3 N–H and O–H groups in total. The van der Waals surface area contributed by atoms with Crippen LogP contribution in [-0.4, -0.2) is 16.0 Å². The van der Waals surface area contributed by atoms with Gasteiger partial charge in [0.05, 0.1) is 5.02 Å². The van der Waals surface area contributed by atoms with E-state index in [9.17, 15) is 0 Å². The van der Waals surface area contributed by atoms with Crippen molar-refractivity contribution in [3.05, 3.63) is 52.2 Å². The fraction of sp³-hybridized carbons (Fsp3) is 0.143. The predicted octanol–water partition coefficient (Wildman–Crippen LogP) is 3.60. The summed E-state index contributed by atoms with van der Waals surface area (Å²) in [5.74, 6) is -0.0276.